The van der Waals surface area contributed by atoms with Crippen molar-refractivity contribution in [2.75, 3.05) is 27.2 Å². The molecule has 0 saturated heterocycles. The van der Waals surface area contributed by atoms with Crippen molar-refractivity contribution in [2.45, 2.75) is 19.9 Å². The molecule has 0 aromatic carbocycles. The number of pyridine rings is 1. The van der Waals surface area contributed by atoms with E-state index in [0.717, 1.165) is 12.1 Å². The molecule has 1 amide bonds. The predicted octanol–water partition coefficient (Wildman–Crippen LogP) is 0.708. The third-order valence-electron chi connectivity index (χ3n) is 3.01. The van der Waals surface area contributed by atoms with Gasteiger partial charge in [0, 0.05) is 24.3 Å². The first-order chi connectivity index (χ1) is 9.93. The highest BCUT2D eigenvalue weighted by atomic mass is 16.1. The molecule has 1 aromatic heterocycles. The van der Waals surface area contributed by atoms with Crippen LogP contribution < -0.4 is 11.1 Å². The molecule has 0 aliphatic rings. The van der Waals surface area contributed by atoms with E-state index in [-0.39, 0.29) is 11.9 Å². The van der Waals surface area contributed by atoms with Gasteiger partial charge in [-0.05, 0) is 32.1 Å². The van der Waals surface area contributed by atoms with Crippen molar-refractivity contribution >= 4 is 5.91 Å². The van der Waals surface area contributed by atoms with Gasteiger partial charge in [-0.25, -0.2) is 4.98 Å². The standard InChI is InChI=1S/C16H24N4O/c1-12(2)15(11-20(3)4)19-16(21)14-8-7-13(10-18-14)6-5-9-17/h7-8,10,12,15H,9,11,17H2,1-4H3,(H,19,21). The number of likely N-dealkylation sites (N-methyl/N-ethyl adjacent to an activating group) is 1. The van der Waals surface area contributed by atoms with Crippen LogP contribution >= 0.6 is 0 Å². The van der Waals surface area contributed by atoms with Gasteiger partial charge in [0.1, 0.15) is 5.69 Å². The number of hydrogen-bond acceptors (Lipinski definition) is 4. The molecule has 1 atom stereocenters. The van der Waals surface area contributed by atoms with Crippen molar-refractivity contribution in [1.29, 1.82) is 0 Å². The highest BCUT2D eigenvalue weighted by Gasteiger charge is 2.18. The lowest BCUT2D eigenvalue weighted by molar-refractivity contribution is 0.0911. The Morgan fingerprint density at radius 1 is 1.43 bits per heavy atom. The molecule has 0 bridgehead atoms. The van der Waals surface area contributed by atoms with Crippen LogP contribution in [0.25, 0.3) is 0 Å². The summed E-state index contributed by atoms with van der Waals surface area (Å²) in [6, 6.07) is 3.55. The summed E-state index contributed by atoms with van der Waals surface area (Å²) < 4.78 is 0. The van der Waals surface area contributed by atoms with Crippen LogP contribution in [-0.2, 0) is 0 Å². The average molecular weight is 288 g/mol. The maximum absolute atomic E-state index is 12.2. The summed E-state index contributed by atoms with van der Waals surface area (Å²) in [5.74, 6) is 5.83. The summed E-state index contributed by atoms with van der Waals surface area (Å²) >= 11 is 0. The van der Waals surface area contributed by atoms with Crippen LogP contribution in [0.3, 0.4) is 0 Å². The Hall–Kier alpha value is -1.90. The van der Waals surface area contributed by atoms with E-state index in [4.69, 9.17) is 5.73 Å². The number of nitrogens with two attached hydrogens (primary N) is 1. The zero-order chi connectivity index (χ0) is 15.8. The third-order valence-corrected chi connectivity index (χ3v) is 3.01. The van der Waals surface area contributed by atoms with Crippen LogP contribution in [0.15, 0.2) is 18.3 Å². The van der Waals surface area contributed by atoms with E-state index in [2.05, 4.69) is 40.9 Å². The third kappa shape index (κ3) is 5.94. The fourth-order valence-electron chi connectivity index (χ4n) is 1.81. The van der Waals surface area contributed by atoms with Crippen LogP contribution in [0.1, 0.15) is 29.9 Å². The van der Waals surface area contributed by atoms with Crippen LogP contribution in [0.5, 0.6) is 0 Å². The van der Waals surface area contributed by atoms with Crippen molar-refractivity contribution in [3.05, 3.63) is 29.6 Å². The minimum Gasteiger partial charge on any atom is -0.346 e. The van der Waals surface area contributed by atoms with E-state index in [1.54, 1.807) is 18.3 Å². The first-order valence-electron chi connectivity index (χ1n) is 7.04. The van der Waals surface area contributed by atoms with E-state index in [0.29, 0.717) is 18.2 Å². The lowest BCUT2D eigenvalue weighted by Crippen LogP contribution is -2.45. The predicted molar refractivity (Wildman–Crippen MR) is 84.8 cm³/mol. The molecule has 1 heterocycles. The molecular weight excluding hydrogens is 264 g/mol. The largest absolute Gasteiger partial charge is 0.346 e. The number of nitrogens with one attached hydrogen (secondary N) is 1. The SMILES string of the molecule is CC(C)C(CN(C)C)NC(=O)c1ccc(C#CCN)cn1. The number of hydrogen-bond donors (Lipinski definition) is 2. The smallest absolute Gasteiger partial charge is 0.270 e. The summed E-state index contributed by atoms with van der Waals surface area (Å²) in [4.78, 5) is 18.4. The van der Waals surface area contributed by atoms with Crippen molar-refractivity contribution < 1.29 is 4.79 Å². The summed E-state index contributed by atoms with van der Waals surface area (Å²) in [6.45, 7) is 5.28. The summed E-state index contributed by atoms with van der Waals surface area (Å²) in [5.41, 5.74) is 6.47. The lowest BCUT2D eigenvalue weighted by atomic mass is 10.0. The second-order valence-corrected chi connectivity index (χ2v) is 5.52. The van der Waals surface area contributed by atoms with Crippen LogP contribution in [0.4, 0.5) is 0 Å². The zero-order valence-corrected chi connectivity index (χ0v) is 13.2. The van der Waals surface area contributed by atoms with Crippen molar-refractivity contribution in [3.63, 3.8) is 0 Å². The van der Waals surface area contributed by atoms with E-state index in [9.17, 15) is 4.79 Å². The van der Waals surface area contributed by atoms with Gasteiger partial charge >= 0.3 is 0 Å². The maximum atomic E-state index is 12.2. The molecule has 114 valence electrons. The van der Waals surface area contributed by atoms with Gasteiger partial charge < -0.3 is 16.0 Å². The van der Waals surface area contributed by atoms with Crippen molar-refractivity contribution in [2.24, 2.45) is 11.7 Å². The molecule has 21 heavy (non-hydrogen) atoms. The molecule has 0 radical (unpaired) electrons. The minimum absolute atomic E-state index is 0.0889. The van der Waals surface area contributed by atoms with Gasteiger partial charge in [-0.1, -0.05) is 25.7 Å². The molecule has 0 aliphatic carbocycles. The monoisotopic (exact) mass is 288 g/mol. The molecule has 0 spiro atoms. The van der Waals surface area contributed by atoms with E-state index in [1.807, 2.05) is 14.1 Å². The number of carbonyl (C=O) groups excluding carboxylic acids is 1. The number of aromatic nitrogens is 1. The maximum Gasteiger partial charge on any atom is 0.270 e. The molecule has 0 fully saturated rings. The Morgan fingerprint density at radius 3 is 2.62 bits per heavy atom. The second kappa shape index (κ2) is 8.40. The van der Waals surface area contributed by atoms with Crippen LogP contribution in [-0.4, -0.2) is 49.0 Å². The zero-order valence-electron chi connectivity index (χ0n) is 13.2. The van der Waals surface area contributed by atoms with Gasteiger partial charge in [0.15, 0.2) is 0 Å². The Kier molecular flexibility index (Phi) is 6.86. The van der Waals surface area contributed by atoms with Gasteiger partial charge in [0.2, 0.25) is 0 Å². The topological polar surface area (TPSA) is 71.2 Å². The summed E-state index contributed by atoms with van der Waals surface area (Å²) in [7, 11) is 3.98. The first kappa shape index (κ1) is 17.2. The summed E-state index contributed by atoms with van der Waals surface area (Å²) in [5, 5.41) is 3.03. The minimum atomic E-state index is -0.158. The van der Waals surface area contributed by atoms with Gasteiger partial charge in [-0.15, -0.1) is 0 Å². The second-order valence-electron chi connectivity index (χ2n) is 5.52. The Balaban J connectivity index is 2.73. The molecule has 1 rings (SSSR count). The molecule has 0 saturated carbocycles. The number of carbonyl (C=O) groups is 1. The molecule has 5 heteroatoms. The van der Waals surface area contributed by atoms with Crippen LogP contribution in [0.2, 0.25) is 0 Å². The van der Waals surface area contributed by atoms with E-state index < -0.39 is 0 Å². The van der Waals surface area contributed by atoms with Gasteiger partial charge in [-0.2, -0.15) is 0 Å². The van der Waals surface area contributed by atoms with Gasteiger partial charge in [0.25, 0.3) is 5.91 Å². The molecule has 5 nitrogen and oxygen atoms in total. The normalized spacial score (nSPS) is 12.0. The molecular formula is C16H24N4O. The Labute approximate surface area is 126 Å². The van der Waals surface area contributed by atoms with E-state index in [1.165, 1.54) is 0 Å². The van der Waals surface area contributed by atoms with Crippen molar-refractivity contribution in [1.82, 2.24) is 15.2 Å². The molecule has 3 N–H and O–H groups in total. The highest BCUT2D eigenvalue weighted by molar-refractivity contribution is 5.92. The molecule has 0 aliphatic heterocycles. The van der Waals surface area contributed by atoms with E-state index >= 15 is 0 Å². The average Bonchev–Trinajstić information content (AvgIpc) is 2.44. The number of rotatable bonds is 5. The fourth-order valence-corrected chi connectivity index (χ4v) is 1.81. The fraction of sp³-hybridized carbons (Fsp3) is 0.500. The van der Waals surface area contributed by atoms with Gasteiger partial charge in [0.05, 0.1) is 6.54 Å². The summed E-state index contributed by atoms with van der Waals surface area (Å²) in [6.07, 6.45) is 1.59. The number of nitrogens with zero attached hydrogens (tertiary/aromatic N) is 2. The van der Waals surface area contributed by atoms with Crippen molar-refractivity contribution in [3.8, 4) is 11.8 Å². The highest BCUT2D eigenvalue weighted by Crippen LogP contribution is 2.05. The Bertz CT molecular complexity index is 511. The van der Waals surface area contributed by atoms with Crippen LogP contribution in [0, 0.1) is 17.8 Å². The molecule has 1 aromatic rings. The lowest BCUT2D eigenvalue weighted by Gasteiger charge is -2.25. The quantitative estimate of drug-likeness (QED) is 0.783. The van der Waals surface area contributed by atoms with Gasteiger partial charge in [-0.3, -0.25) is 4.79 Å². The Morgan fingerprint density at radius 2 is 2.14 bits per heavy atom. The molecule has 1 unspecified atom stereocenters. The number of amides is 1. The first-order valence-corrected chi connectivity index (χ1v) is 7.04.